The van der Waals surface area contributed by atoms with Crippen molar-refractivity contribution in [2.24, 2.45) is 5.92 Å². The van der Waals surface area contributed by atoms with E-state index in [2.05, 4.69) is 21.3 Å². The van der Waals surface area contributed by atoms with Crippen LogP contribution in [0.2, 0.25) is 18.1 Å². The number of rotatable bonds is 14. The number of ether oxygens (including phenoxy) is 1. The summed E-state index contributed by atoms with van der Waals surface area (Å²) in [7, 11) is -1.64. The normalized spacial score (nSPS) is 13.1. The summed E-state index contributed by atoms with van der Waals surface area (Å²) >= 11 is 0. The van der Waals surface area contributed by atoms with Gasteiger partial charge in [0.2, 0.25) is 11.8 Å². The number of hydrogen-bond acceptors (Lipinski definition) is 7. The molecule has 3 rings (SSSR count). The van der Waals surface area contributed by atoms with Gasteiger partial charge in [0.25, 0.3) is 11.5 Å². The first-order valence-corrected chi connectivity index (χ1v) is 19.9. The number of carbonyl (C=O) groups is 4. The minimum Gasteiger partial charge on any atom is -0.444 e. The maximum atomic E-state index is 14.7. The van der Waals surface area contributed by atoms with Crippen molar-refractivity contribution in [2.45, 2.75) is 84.2 Å². The molecule has 0 saturated carbocycles. The zero-order valence-electron chi connectivity index (χ0n) is 31.1. The Morgan fingerprint density at radius 3 is 2.02 bits per heavy atom. The van der Waals surface area contributed by atoms with Gasteiger partial charge in [-0.2, -0.15) is 13.2 Å². The molecule has 288 valence electrons. The van der Waals surface area contributed by atoms with E-state index in [1.54, 1.807) is 94.5 Å². The lowest BCUT2D eigenvalue weighted by Gasteiger charge is -2.42. The van der Waals surface area contributed by atoms with Gasteiger partial charge in [-0.05, 0) is 41.2 Å². The van der Waals surface area contributed by atoms with Crippen LogP contribution in [0.3, 0.4) is 0 Å². The number of nitrogens with zero attached hydrogens (tertiary/aromatic N) is 1. The molecule has 0 aliphatic rings. The van der Waals surface area contributed by atoms with Crippen LogP contribution >= 0.6 is 0 Å². The molecule has 0 bridgehead atoms. The maximum Gasteiger partial charge on any atom is 0.415 e. The number of carbonyl (C=O) groups excluding carboxylic acids is 4. The standard InChI is InChI=1S/C37H48F3N5O7Si/c1-23(2)30(32(37(38,39)40)52-53(7,8)36(3,4)5)43-29(47)21-45-27(25-17-13-10-14-18-25)19-26(33(48)42-20-28(46)41-6)31(34(45)49)44-35(50)51-22-24-15-11-9-12-16-24/h9-19,23,30,32H,20-22H2,1-8H3,(H,41,46)(H,42,48)(H,43,47)(H,44,50). The van der Waals surface area contributed by atoms with E-state index in [9.17, 15) is 37.1 Å². The van der Waals surface area contributed by atoms with E-state index in [-0.39, 0.29) is 17.9 Å². The van der Waals surface area contributed by atoms with Gasteiger partial charge in [0.15, 0.2) is 14.4 Å². The van der Waals surface area contributed by atoms with Gasteiger partial charge in [0.05, 0.1) is 23.8 Å². The van der Waals surface area contributed by atoms with Crippen molar-refractivity contribution >= 4 is 37.8 Å². The molecule has 2 aromatic carbocycles. The van der Waals surface area contributed by atoms with Gasteiger partial charge < -0.3 is 25.1 Å². The van der Waals surface area contributed by atoms with Crippen LogP contribution in [-0.2, 0) is 31.9 Å². The average Bonchev–Trinajstić information content (AvgIpc) is 3.09. The first-order valence-electron chi connectivity index (χ1n) is 17.0. The molecule has 1 aromatic heterocycles. The quantitative estimate of drug-likeness (QED) is 0.151. The third kappa shape index (κ3) is 11.5. The predicted octanol–water partition coefficient (Wildman–Crippen LogP) is 5.83. The number of likely N-dealkylation sites (N-methyl/N-ethyl adjacent to an activating group) is 1. The molecule has 0 fully saturated rings. The highest BCUT2D eigenvalue weighted by molar-refractivity contribution is 6.74. The Morgan fingerprint density at radius 2 is 1.49 bits per heavy atom. The van der Waals surface area contributed by atoms with Crippen molar-refractivity contribution in [2.75, 3.05) is 18.9 Å². The summed E-state index contributed by atoms with van der Waals surface area (Å²) in [6.07, 6.45) is -8.30. The van der Waals surface area contributed by atoms with E-state index in [1.807, 2.05) is 0 Å². The Balaban J connectivity index is 2.12. The van der Waals surface area contributed by atoms with Crippen LogP contribution in [-0.4, -0.2) is 68.6 Å². The molecule has 12 nitrogen and oxygen atoms in total. The average molecular weight is 760 g/mol. The largest absolute Gasteiger partial charge is 0.444 e. The summed E-state index contributed by atoms with van der Waals surface area (Å²) in [5.74, 6) is -3.15. The number of halogens is 3. The second kappa shape index (κ2) is 17.7. The van der Waals surface area contributed by atoms with E-state index in [4.69, 9.17) is 9.16 Å². The highest BCUT2D eigenvalue weighted by Crippen LogP contribution is 2.41. The third-order valence-electron chi connectivity index (χ3n) is 8.97. The predicted molar refractivity (Wildman–Crippen MR) is 198 cm³/mol. The number of amides is 4. The minimum absolute atomic E-state index is 0.0324. The summed E-state index contributed by atoms with van der Waals surface area (Å²) < 4.78 is 56.1. The monoisotopic (exact) mass is 759 g/mol. The molecule has 53 heavy (non-hydrogen) atoms. The fourth-order valence-corrected chi connectivity index (χ4v) is 6.23. The minimum atomic E-state index is -4.84. The van der Waals surface area contributed by atoms with E-state index in [0.29, 0.717) is 11.1 Å². The lowest BCUT2D eigenvalue weighted by atomic mass is 9.98. The van der Waals surface area contributed by atoms with Crippen LogP contribution in [0.25, 0.3) is 11.3 Å². The number of pyridine rings is 1. The summed E-state index contributed by atoms with van der Waals surface area (Å²) in [5.41, 5.74) is -0.940. The zero-order valence-corrected chi connectivity index (χ0v) is 32.1. The Morgan fingerprint density at radius 1 is 0.906 bits per heavy atom. The molecular weight excluding hydrogens is 712 g/mol. The van der Waals surface area contributed by atoms with Crippen LogP contribution in [0.4, 0.5) is 23.7 Å². The van der Waals surface area contributed by atoms with Crippen LogP contribution < -0.4 is 26.8 Å². The fourth-order valence-electron chi connectivity index (χ4n) is 4.96. The molecule has 0 aliphatic carbocycles. The molecule has 3 aromatic rings. The topological polar surface area (TPSA) is 157 Å². The summed E-state index contributed by atoms with van der Waals surface area (Å²) in [6.45, 7) is 10.4. The second-order valence-corrected chi connectivity index (χ2v) is 19.1. The van der Waals surface area contributed by atoms with E-state index in [1.165, 1.54) is 27.0 Å². The van der Waals surface area contributed by atoms with Crippen molar-refractivity contribution in [1.29, 1.82) is 0 Å². The Kier molecular flexibility index (Phi) is 14.2. The highest BCUT2D eigenvalue weighted by atomic mass is 28.4. The van der Waals surface area contributed by atoms with E-state index < -0.39 is 85.7 Å². The molecular formula is C37H48F3N5O7Si. The number of nitrogens with one attached hydrogen (secondary N) is 4. The third-order valence-corrected chi connectivity index (χ3v) is 13.4. The lowest BCUT2D eigenvalue weighted by molar-refractivity contribution is -0.210. The van der Waals surface area contributed by atoms with Crippen molar-refractivity contribution in [3.8, 4) is 11.3 Å². The first-order chi connectivity index (χ1) is 24.7. The van der Waals surface area contributed by atoms with E-state index in [0.717, 1.165) is 4.57 Å². The highest BCUT2D eigenvalue weighted by Gasteiger charge is 2.52. The van der Waals surface area contributed by atoms with Crippen LogP contribution in [0, 0.1) is 5.92 Å². The number of aromatic nitrogens is 1. The number of hydrogen-bond donors (Lipinski definition) is 4. The van der Waals surface area contributed by atoms with Crippen LogP contribution in [0.1, 0.15) is 50.5 Å². The van der Waals surface area contributed by atoms with E-state index >= 15 is 0 Å². The molecule has 0 saturated heterocycles. The van der Waals surface area contributed by atoms with Crippen molar-refractivity contribution in [1.82, 2.24) is 20.5 Å². The molecule has 2 atom stereocenters. The summed E-state index contributed by atoms with van der Waals surface area (Å²) in [4.78, 5) is 66.5. The van der Waals surface area contributed by atoms with Gasteiger partial charge in [-0.25, -0.2) is 4.79 Å². The van der Waals surface area contributed by atoms with Gasteiger partial charge in [-0.3, -0.25) is 29.1 Å². The van der Waals surface area contributed by atoms with Crippen LogP contribution in [0.15, 0.2) is 71.5 Å². The molecule has 1 heterocycles. The zero-order chi connectivity index (χ0) is 39.7. The smallest absolute Gasteiger partial charge is 0.415 e. The summed E-state index contributed by atoms with van der Waals surface area (Å²) in [5, 5.41) is 8.96. The van der Waals surface area contributed by atoms with Crippen molar-refractivity contribution in [3.63, 3.8) is 0 Å². The van der Waals surface area contributed by atoms with Crippen LogP contribution in [0.5, 0.6) is 0 Å². The van der Waals surface area contributed by atoms with Crippen molar-refractivity contribution in [3.05, 3.63) is 88.2 Å². The Hall–Kier alpha value is -4.96. The molecule has 16 heteroatoms. The molecule has 0 spiro atoms. The second-order valence-electron chi connectivity index (χ2n) is 14.3. The number of anilines is 1. The molecule has 2 unspecified atom stereocenters. The first kappa shape index (κ1) is 42.4. The molecule has 4 amide bonds. The Bertz CT molecular complexity index is 1810. The molecule has 0 radical (unpaired) electrons. The molecule has 4 N–H and O–H groups in total. The molecule has 0 aliphatic heterocycles. The van der Waals surface area contributed by atoms with Gasteiger partial charge >= 0.3 is 12.3 Å². The summed E-state index contributed by atoms with van der Waals surface area (Å²) in [6, 6.07) is 16.5. The number of alkyl halides is 3. The lowest BCUT2D eigenvalue weighted by Crippen LogP contribution is -2.59. The maximum absolute atomic E-state index is 14.7. The van der Waals surface area contributed by atoms with Gasteiger partial charge in [-0.1, -0.05) is 95.3 Å². The van der Waals surface area contributed by atoms with Gasteiger partial charge in [0, 0.05) is 7.05 Å². The van der Waals surface area contributed by atoms with Gasteiger partial charge in [0.1, 0.15) is 18.8 Å². The number of benzene rings is 2. The van der Waals surface area contributed by atoms with Crippen molar-refractivity contribution < 1.29 is 41.5 Å². The van der Waals surface area contributed by atoms with Gasteiger partial charge in [-0.15, -0.1) is 0 Å². The Labute approximate surface area is 308 Å². The fraction of sp³-hybridized carbons (Fsp3) is 0.432. The SMILES string of the molecule is CNC(=O)CNC(=O)c1cc(-c2ccccc2)n(CC(=O)NC(C(C)C)C(O[Si](C)(C)C(C)(C)C)C(F)(F)F)c(=O)c1NC(=O)OCc1ccccc1.